The number of carbonyl (C=O) groups excluding carboxylic acids is 3. The minimum atomic E-state index is -0.854. The maximum atomic E-state index is 14.3. The molecule has 9 nitrogen and oxygen atoms in total. The lowest BCUT2D eigenvalue weighted by Crippen LogP contribution is -2.42. The van der Waals surface area contributed by atoms with E-state index in [9.17, 15) is 14.4 Å². The fraction of sp³-hybridized carbons (Fsp3) is 0.250. The van der Waals surface area contributed by atoms with Crippen molar-refractivity contribution >= 4 is 29.5 Å². The second kappa shape index (κ2) is 12.7. The fourth-order valence-corrected chi connectivity index (χ4v) is 7.26. The molecule has 1 fully saturated rings. The smallest absolute Gasteiger partial charge is 0.407 e. The Morgan fingerprint density at radius 2 is 1.31 bits per heavy atom. The second-order valence-corrected chi connectivity index (χ2v) is 13.6. The number of aromatic nitrogens is 2. The Balaban J connectivity index is 1.32. The number of H-pyrrole nitrogens is 1. The zero-order valence-electron chi connectivity index (χ0n) is 27.7. The summed E-state index contributed by atoms with van der Waals surface area (Å²) in [4.78, 5) is 51.0. The van der Waals surface area contributed by atoms with Crippen LogP contribution in [0, 0.1) is 11.8 Å². The van der Waals surface area contributed by atoms with Crippen molar-refractivity contribution in [2.24, 2.45) is 11.8 Å². The number of carbonyl (C=O) groups is 3. The molecular weight excluding hydrogens is 614 g/mol. The van der Waals surface area contributed by atoms with Gasteiger partial charge in [0.05, 0.1) is 23.2 Å². The molecule has 3 N–H and O–H groups in total. The van der Waals surface area contributed by atoms with Gasteiger partial charge in [-0.15, -0.1) is 0 Å². The molecule has 1 aliphatic heterocycles. The fourth-order valence-electron chi connectivity index (χ4n) is 7.26. The molecule has 9 heteroatoms. The SMILES string of the molecule is CC(C)(C)OC(=O)NC[C@H]1Cc2[nH]c(NC(c3ccccc3)(c3ccccc3)c3ccccc3)nc2[C@H]2C(=O)N(c3ccccc3)C(=O)[C@@H]12. The first-order chi connectivity index (χ1) is 23.7. The number of anilines is 2. The molecular formula is C40H39N5O4. The van der Waals surface area contributed by atoms with Crippen LogP contribution in [0.25, 0.3) is 0 Å². The van der Waals surface area contributed by atoms with Crippen LogP contribution in [0.1, 0.15) is 54.8 Å². The van der Waals surface area contributed by atoms with Crippen LogP contribution >= 0.6 is 0 Å². The molecule has 0 unspecified atom stereocenters. The number of nitrogens with one attached hydrogen (secondary N) is 3. The van der Waals surface area contributed by atoms with Gasteiger partial charge < -0.3 is 20.4 Å². The van der Waals surface area contributed by atoms with E-state index < -0.39 is 29.1 Å². The number of imidazole rings is 1. The highest BCUT2D eigenvalue weighted by molar-refractivity contribution is 6.24. The molecule has 2 heterocycles. The number of aromatic amines is 1. The van der Waals surface area contributed by atoms with Crippen molar-refractivity contribution in [2.45, 2.75) is 44.2 Å². The van der Waals surface area contributed by atoms with E-state index >= 15 is 0 Å². The van der Waals surface area contributed by atoms with Crippen LogP contribution < -0.4 is 15.5 Å². The molecule has 248 valence electrons. The van der Waals surface area contributed by atoms with Gasteiger partial charge >= 0.3 is 6.09 Å². The molecule has 1 saturated heterocycles. The van der Waals surface area contributed by atoms with Crippen molar-refractivity contribution in [3.05, 3.63) is 149 Å². The van der Waals surface area contributed by atoms with Crippen molar-refractivity contribution in [2.75, 3.05) is 16.8 Å². The van der Waals surface area contributed by atoms with E-state index in [-0.39, 0.29) is 24.3 Å². The van der Waals surface area contributed by atoms with Crippen LogP contribution in [-0.4, -0.2) is 40.0 Å². The van der Waals surface area contributed by atoms with Crippen LogP contribution in [0.5, 0.6) is 0 Å². The molecule has 0 radical (unpaired) electrons. The summed E-state index contributed by atoms with van der Waals surface area (Å²) < 4.78 is 5.49. The first-order valence-electron chi connectivity index (χ1n) is 16.6. The maximum absolute atomic E-state index is 14.3. The van der Waals surface area contributed by atoms with E-state index in [1.54, 1.807) is 45.0 Å². The maximum Gasteiger partial charge on any atom is 0.407 e. The molecule has 49 heavy (non-hydrogen) atoms. The zero-order valence-corrected chi connectivity index (χ0v) is 27.7. The number of alkyl carbamates (subject to hydrolysis) is 1. The van der Waals surface area contributed by atoms with Crippen LogP contribution in [0.4, 0.5) is 16.4 Å². The van der Waals surface area contributed by atoms with Crippen molar-refractivity contribution in [3.8, 4) is 0 Å². The molecule has 7 rings (SSSR count). The van der Waals surface area contributed by atoms with E-state index in [0.29, 0.717) is 23.8 Å². The molecule has 0 spiro atoms. The molecule has 5 aromatic rings. The zero-order chi connectivity index (χ0) is 34.2. The first-order valence-corrected chi connectivity index (χ1v) is 16.6. The highest BCUT2D eigenvalue weighted by Gasteiger charge is 2.56. The lowest BCUT2D eigenvalue weighted by atomic mass is 9.73. The Bertz CT molecular complexity index is 1860. The standard InChI is InChI=1S/C40H39N5O4/c1-39(2,3)49-38(48)41-25-26-24-31-34(33-32(26)35(46)45(36(33)47)30-22-14-7-15-23-30)43-37(42-31)44-40(27-16-8-4-9-17-27,28-18-10-5-11-19-28)29-20-12-6-13-21-29/h4-23,26,32-33H,24-25H2,1-3H3,(H,41,48)(H2,42,43,44)/t26-,32+,33+/m1/s1. The quantitative estimate of drug-likeness (QED) is 0.126. The average molecular weight is 654 g/mol. The van der Waals surface area contributed by atoms with Gasteiger partial charge in [-0.1, -0.05) is 109 Å². The summed E-state index contributed by atoms with van der Waals surface area (Å²) in [5.74, 6) is -2.08. The van der Waals surface area contributed by atoms with Gasteiger partial charge in [-0.25, -0.2) is 14.7 Å². The van der Waals surface area contributed by atoms with Gasteiger partial charge in [0.15, 0.2) is 0 Å². The van der Waals surface area contributed by atoms with Gasteiger partial charge in [0, 0.05) is 12.2 Å². The van der Waals surface area contributed by atoms with Gasteiger partial charge in [-0.05, 0) is 61.9 Å². The summed E-state index contributed by atoms with van der Waals surface area (Å²) in [7, 11) is 0. The topological polar surface area (TPSA) is 116 Å². The molecule has 3 atom stereocenters. The summed E-state index contributed by atoms with van der Waals surface area (Å²) >= 11 is 0. The number of hydrogen-bond acceptors (Lipinski definition) is 6. The third-order valence-corrected chi connectivity index (χ3v) is 9.28. The molecule has 3 amide bonds. The van der Waals surface area contributed by atoms with Gasteiger partial charge in [-0.3, -0.25) is 9.59 Å². The van der Waals surface area contributed by atoms with E-state index in [4.69, 9.17) is 9.72 Å². The summed E-state index contributed by atoms with van der Waals surface area (Å²) in [5, 5.41) is 6.63. The van der Waals surface area contributed by atoms with Gasteiger partial charge in [0.1, 0.15) is 11.1 Å². The summed E-state index contributed by atoms with van der Waals surface area (Å²) in [6.07, 6.45) is -0.172. The molecule has 2 aliphatic rings. The average Bonchev–Trinajstić information content (AvgIpc) is 3.63. The van der Waals surface area contributed by atoms with Gasteiger partial charge in [0.2, 0.25) is 17.8 Å². The number of hydrogen-bond donors (Lipinski definition) is 3. The predicted octanol–water partition coefficient (Wildman–Crippen LogP) is 6.78. The lowest BCUT2D eigenvalue weighted by molar-refractivity contribution is -0.123. The second-order valence-electron chi connectivity index (χ2n) is 13.6. The monoisotopic (exact) mass is 653 g/mol. The minimum absolute atomic E-state index is 0.154. The number of fused-ring (bicyclic) bond motifs is 3. The summed E-state index contributed by atoms with van der Waals surface area (Å²) in [5.41, 5.74) is 3.27. The molecule has 4 aromatic carbocycles. The Morgan fingerprint density at radius 3 is 1.82 bits per heavy atom. The minimum Gasteiger partial charge on any atom is -0.444 e. The third kappa shape index (κ3) is 5.97. The number of imide groups is 1. The van der Waals surface area contributed by atoms with Crippen molar-refractivity contribution < 1.29 is 19.1 Å². The Hall–Kier alpha value is -5.70. The lowest BCUT2D eigenvalue weighted by Gasteiger charge is -2.36. The number of amides is 3. The van der Waals surface area contributed by atoms with Crippen LogP contribution in [0.15, 0.2) is 121 Å². The van der Waals surface area contributed by atoms with Crippen molar-refractivity contribution in [1.82, 2.24) is 15.3 Å². The Labute approximate surface area is 285 Å². The molecule has 0 bridgehead atoms. The molecule has 1 aromatic heterocycles. The number of benzene rings is 4. The van der Waals surface area contributed by atoms with E-state index in [1.165, 1.54) is 4.90 Å². The third-order valence-electron chi connectivity index (χ3n) is 9.28. The molecule has 1 aliphatic carbocycles. The molecule has 0 saturated carbocycles. The van der Waals surface area contributed by atoms with Gasteiger partial charge in [-0.2, -0.15) is 0 Å². The van der Waals surface area contributed by atoms with Crippen LogP contribution in [0.2, 0.25) is 0 Å². The Morgan fingerprint density at radius 1 is 0.796 bits per heavy atom. The number of rotatable bonds is 8. The summed E-state index contributed by atoms with van der Waals surface area (Å²) in [6.45, 7) is 5.55. The van der Waals surface area contributed by atoms with Crippen molar-refractivity contribution in [3.63, 3.8) is 0 Å². The van der Waals surface area contributed by atoms with E-state index in [1.807, 2.05) is 60.7 Å². The Kier molecular flexibility index (Phi) is 8.28. The van der Waals surface area contributed by atoms with E-state index in [2.05, 4.69) is 52.0 Å². The van der Waals surface area contributed by atoms with Crippen molar-refractivity contribution in [1.29, 1.82) is 0 Å². The normalized spacial score (nSPS) is 18.8. The first kappa shape index (κ1) is 31.9. The largest absolute Gasteiger partial charge is 0.444 e. The highest BCUT2D eigenvalue weighted by Crippen LogP contribution is 2.47. The summed E-state index contributed by atoms with van der Waals surface area (Å²) in [6, 6.07) is 39.5. The number of para-hydroxylation sites is 1. The highest BCUT2D eigenvalue weighted by atomic mass is 16.6. The van der Waals surface area contributed by atoms with Gasteiger partial charge in [0.25, 0.3) is 0 Å². The van der Waals surface area contributed by atoms with Crippen LogP contribution in [0.3, 0.4) is 0 Å². The predicted molar refractivity (Wildman–Crippen MR) is 188 cm³/mol. The number of nitrogens with zero attached hydrogens (tertiary/aromatic N) is 2. The van der Waals surface area contributed by atoms with Crippen LogP contribution in [-0.2, 0) is 26.3 Å². The van der Waals surface area contributed by atoms with E-state index in [0.717, 1.165) is 22.4 Å². The number of ether oxygens (including phenoxy) is 1.